The quantitative estimate of drug-likeness (QED) is 0.708. The number of nitrogens with one attached hydrogen (secondary N) is 1. The van der Waals surface area contributed by atoms with Gasteiger partial charge in [-0.2, -0.15) is 4.31 Å². The lowest BCUT2D eigenvalue weighted by Crippen LogP contribution is -2.40. The molecular weight excluding hydrogens is 412 g/mol. The number of hydrogen-bond acceptors (Lipinski definition) is 6. The van der Waals surface area contributed by atoms with Gasteiger partial charge in [-0.15, -0.1) is 0 Å². The SMILES string of the molecule is Cc1ccc(CN2CCC(CNc3ccc(S(=O)(=O)N4CCOCC4)cn3)CC2)cc1. The van der Waals surface area contributed by atoms with Gasteiger partial charge in [0.1, 0.15) is 10.7 Å². The topological polar surface area (TPSA) is 74.8 Å². The molecule has 0 saturated carbocycles. The maximum Gasteiger partial charge on any atom is 0.244 e. The monoisotopic (exact) mass is 444 g/mol. The number of morpholine rings is 1. The Morgan fingerprint density at radius 2 is 1.74 bits per heavy atom. The van der Waals surface area contributed by atoms with Gasteiger partial charge in [-0.25, -0.2) is 13.4 Å². The van der Waals surface area contributed by atoms with E-state index < -0.39 is 10.0 Å². The highest BCUT2D eigenvalue weighted by Gasteiger charge is 2.26. The van der Waals surface area contributed by atoms with Crippen molar-refractivity contribution < 1.29 is 13.2 Å². The van der Waals surface area contributed by atoms with E-state index in [0.29, 0.717) is 32.2 Å². The maximum absolute atomic E-state index is 12.7. The summed E-state index contributed by atoms with van der Waals surface area (Å²) in [4.78, 5) is 7.10. The summed E-state index contributed by atoms with van der Waals surface area (Å²) in [5, 5.41) is 3.39. The molecule has 0 radical (unpaired) electrons. The second-order valence-electron chi connectivity index (χ2n) is 8.48. The Morgan fingerprint density at radius 1 is 1.03 bits per heavy atom. The van der Waals surface area contributed by atoms with Gasteiger partial charge in [0.15, 0.2) is 0 Å². The van der Waals surface area contributed by atoms with E-state index in [-0.39, 0.29) is 4.90 Å². The van der Waals surface area contributed by atoms with Crippen LogP contribution < -0.4 is 5.32 Å². The van der Waals surface area contributed by atoms with Gasteiger partial charge in [-0.1, -0.05) is 29.8 Å². The average Bonchev–Trinajstić information content (AvgIpc) is 2.81. The van der Waals surface area contributed by atoms with E-state index in [2.05, 4.69) is 46.4 Å². The molecule has 0 spiro atoms. The number of nitrogens with zero attached hydrogens (tertiary/aromatic N) is 3. The molecular formula is C23H32N4O3S. The van der Waals surface area contributed by atoms with Crippen LogP contribution in [-0.4, -0.2) is 68.5 Å². The molecule has 2 aromatic rings. The summed E-state index contributed by atoms with van der Waals surface area (Å²) in [7, 11) is -3.49. The normalized spacial score (nSPS) is 19.4. The minimum Gasteiger partial charge on any atom is -0.379 e. The third-order valence-corrected chi connectivity index (χ3v) is 8.03. The zero-order chi connectivity index (χ0) is 21.7. The summed E-state index contributed by atoms with van der Waals surface area (Å²) in [6.45, 7) is 7.87. The van der Waals surface area contributed by atoms with Crippen LogP contribution in [0.3, 0.4) is 0 Å². The number of likely N-dealkylation sites (tertiary alicyclic amines) is 1. The summed E-state index contributed by atoms with van der Waals surface area (Å²) >= 11 is 0. The van der Waals surface area contributed by atoms with Crippen LogP contribution >= 0.6 is 0 Å². The molecule has 8 heteroatoms. The molecule has 1 aromatic carbocycles. The van der Waals surface area contributed by atoms with Gasteiger partial charge in [0.05, 0.1) is 13.2 Å². The van der Waals surface area contributed by atoms with Crippen molar-refractivity contribution in [1.82, 2.24) is 14.2 Å². The number of aromatic nitrogens is 1. The Balaban J connectivity index is 1.23. The lowest BCUT2D eigenvalue weighted by Gasteiger charge is -2.32. The molecule has 0 bridgehead atoms. The van der Waals surface area contributed by atoms with Crippen LogP contribution in [0, 0.1) is 12.8 Å². The number of hydrogen-bond donors (Lipinski definition) is 1. The van der Waals surface area contributed by atoms with Crippen LogP contribution in [0.15, 0.2) is 47.5 Å². The van der Waals surface area contributed by atoms with E-state index >= 15 is 0 Å². The predicted molar refractivity (Wildman–Crippen MR) is 121 cm³/mol. The van der Waals surface area contributed by atoms with Gasteiger partial charge in [-0.05, 0) is 56.5 Å². The zero-order valence-corrected chi connectivity index (χ0v) is 19.0. The van der Waals surface area contributed by atoms with Gasteiger partial charge in [0.25, 0.3) is 0 Å². The molecule has 0 unspecified atom stereocenters. The fourth-order valence-corrected chi connectivity index (χ4v) is 5.48. The number of pyridine rings is 1. The van der Waals surface area contributed by atoms with Crippen LogP contribution in [0.1, 0.15) is 24.0 Å². The molecule has 2 aliphatic heterocycles. The Labute approximate surface area is 185 Å². The van der Waals surface area contributed by atoms with Crippen molar-refractivity contribution in [2.45, 2.75) is 31.2 Å². The zero-order valence-electron chi connectivity index (χ0n) is 18.2. The van der Waals surface area contributed by atoms with Crippen molar-refractivity contribution in [3.63, 3.8) is 0 Å². The van der Waals surface area contributed by atoms with Crippen molar-refractivity contribution in [2.24, 2.45) is 5.92 Å². The number of piperidine rings is 1. The lowest BCUT2D eigenvalue weighted by molar-refractivity contribution is 0.0730. The highest BCUT2D eigenvalue weighted by molar-refractivity contribution is 7.89. The Hall–Kier alpha value is -2.00. The molecule has 1 N–H and O–H groups in total. The van der Waals surface area contributed by atoms with E-state index in [1.165, 1.54) is 21.6 Å². The summed E-state index contributed by atoms with van der Waals surface area (Å²) < 4.78 is 32.1. The van der Waals surface area contributed by atoms with Crippen LogP contribution in [0.2, 0.25) is 0 Å². The van der Waals surface area contributed by atoms with Gasteiger partial charge in [0.2, 0.25) is 10.0 Å². The minimum absolute atomic E-state index is 0.240. The van der Waals surface area contributed by atoms with Crippen molar-refractivity contribution in [3.05, 3.63) is 53.7 Å². The highest BCUT2D eigenvalue weighted by Crippen LogP contribution is 2.21. The lowest BCUT2D eigenvalue weighted by atomic mass is 9.96. The number of ether oxygens (including phenoxy) is 1. The molecule has 0 amide bonds. The molecule has 7 nitrogen and oxygen atoms in total. The van der Waals surface area contributed by atoms with Crippen molar-refractivity contribution in [2.75, 3.05) is 51.3 Å². The summed E-state index contributed by atoms with van der Waals surface area (Å²) in [6.07, 6.45) is 3.77. The highest BCUT2D eigenvalue weighted by atomic mass is 32.2. The van der Waals surface area contributed by atoms with Gasteiger partial charge < -0.3 is 10.1 Å². The first-order valence-corrected chi connectivity index (χ1v) is 12.5. The molecule has 3 heterocycles. The van der Waals surface area contributed by atoms with Gasteiger partial charge in [-0.3, -0.25) is 4.90 Å². The summed E-state index contributed by atoms with van der Waals surface area (Å²) in [6, 6.07) is 12.2. The van der Waals surface area contributed by atoms with Gasteiger partial charge >= 0.3 is 0 Å². The van der Waals surface area contributed by atoms with Gasteiger partial charge in [0, 0.05) is 32.4 Å². The predicted octanol–water partition coefficient (Wildman–Crippen LogP) is 2.74. The molecule has 31 heavy (non-hydrogen) atoms. The fourth-order valence-electron chi connectivity index (χ4n) is 4.12. The summed E-state index contributed by atoms with van der Waals surface area (Å²) in [5.74, 6) is 1.33. The minimum atomic E-state index is -3.49. The largest absolute Gasteiger partial charge is 0.379 e. The molecule has 168 valence electrons. The number of rotatable bonds is 7. The smallest absolute Gasteiger partial charge is 0.244 e. The van der Waals surface area contributed by atoms with E-state index in [1.807, 2.05) is 0 Å². The second-order valence-corrected chi connectivity index (χ2v) is 10.4. The first-order chi connectivity index (χ1) is 15.0. The number of sulfonamides is 1. The first-order valence-electron chi connectivity index (χ1n) is 11.1. The van der Waals surface area contributed by atoms with Crippen molar-refractivity contribution in [3.8, 4) is 0 Å². The van der Waals surface area contributed by atoms with E-state index in [4.69, 9.17) is 4.74 Å². The molecule has 2 aliphatic rings. The van der Waals surface area contributed by atoms with Crippen LogP contribution in [0.5, 0.6) is 0 Å². The van der Waals surface area contributed by atoms with Crippen molar-refractivity contribution >= 4 is 15.8 Å². The standard InChI is InChI=1S/C23H32N4O3S/c1-19-2-4-21(5-3-19)18-26-10-8-20(9-11-26)16-24-23-7-6-22(17-25-23)31(28,29)27-12-14-30-15-13-27/h2-7,17,20H,8-16,18H2,1H3,(H,24,25). The van der Waals surface area contributed by atoms with Crippen LogP contribution in [0.4, 0.5) is 5.82 Å². The average molecular weight is 445 g/mol. The Morgan fingerprint density at radius 3 is 2.39 bits per heavy atom. The molecule has 0 aliphatic carbocycles. The van der Waals surface area contributed by atoms with E-state index in [1.54, 1.807) is 12.1 Å². The van der Waals surface area contributed by atoms with Crippen LogP contribution in [0.25, 0.3) is 0 Å². The number of anilines is 1. The molecule has 1 aromatic heterocycles. The first kappa shape index (κ1) is 22.2. The molecule has 2 fully saturated rings. The molecule has 0 atom stereocenters. The maximum atomic E-state index is 12.7. The number of aryl methyl sites for hydroxylation is 1. The molecule has 2 saturated heterocycles. The third kappa shape index (κ3) is 5.83. The Kier molecular flexibility index (Phi) is 7.22. The van der Waals surface area contributed by atoms with E-state index in [0.717, 1.165) is 44.8 Å². The van der Waals surface area contributed by atoms with Crippen molar-refractivity contribution in [1.29, 1.82) is 0 Å². The van der Waals surface area contributed by atoms with E-state index in [9.17, 15) is 8.42 Å². The molecule has 4 rings (SSSR count). The Bertz CT molecular complexity index is 934. The number of benzene rings is 1. The fraction of sp³-hybridized carbons (Fsp3) is 0.522. The second kappa shape index (κ2) is 10.1. The third-order valence-electron chi connectivity index (χ3n) is 6.15. The summed E-state index contributed by atoms with van der Waals surface area (Å²) in [5.41, 5.74) is 2.67. The van der Waals surface area contributed by atoms with Crippen LogP contribution in [-0.2, 0) is 21.3 Å².